The van der Waals surface area contributed by atoms with Crippen LogP contribution in [-0.2, 0) is 18.2 Å². The van der Waals surface area contributed by atoms with Crippen molar-refractivity contribution in [2.45, 2.75) is 39.9 Å². The molecule has 100 valence electrons. The zero-order valence-corrected chi connectivity index (χ0v) is 12.2. The zero-order chi connectivity index (χ0) is 13.6. The first-order valence-electron chi connectivity index (χ1n) is 4.74. The van der Waals surface area contributed by atoms with Gasteiger partial charge in [0.1, 0.15) is 0 Å². The summed E-state index contributed by atoms with van der Waals surface area (Å²) in [6, 6.07) is 0. The van der Waals surface area contributed by atoms with E-state index in [2.05, 4.69) is 9.05 Å². The van der Waals surface area contributed by atoms with E-state index in [9.17, 15) is 17.5 Å². The van der Waals surface area contributed by atoms with Crippen molar-refractivity contribution >= 4 is 15.4 Å². The molecule has 0 fully saturated rings. The number of rotatable bonds is 4. The minimum atomic E-state index is -3.72. The largest absolute Gasteiger partial charge is 0.364 e. The van der Waals surface area contributed by atoms with E-state index in [1.165, 1.54) is 0 Å². The summed E-state index contributed by atoms with van der Waals surface area (Å²) in [6.07, 6.45) is -0.591. The van der Waals surface area contributed by atoms with Gasteiger partial charge in [-0.2, -0.15) is 8.39 Å². The Morgan fingerprint density at radius 2 is 1.00 bits per heavy atom. The van der Waals surface area contributed by atoms with Gasteiger partial charge in [0.2, 0.25) is 0 Å². The Balaban J connectivity index is 0. The van der Waals surface area contributed by atoms with Crippen LogP contribution in [0.15, 0.2) is 0 Å². The van der Waals surface area contributed by atoms with Gasteiger partial charge in [-0.3, -0.25) is 9.13 Å². The first-order valence-corrected chi connectivity index (χ1v) is 8.67. The summed E-state index contributed by atoms with van der Waals surface area (Å²) in [4.78, 5) is 0. The summed E-state index contributed by atoms with van der Waals surface area (Å²) in [5, 5.41) is 0. The van der Waals surface area contributed by atoms with Gasteiger partial charge in [0, 0.05) is 13.3 Å². The molecule has 0 saturated carbocycles. The third kappa shape index (κ3) is 23.8. The fourth-order valence-corrected chi connectivity index (χ4v) is 2.26. The maximum absolute atomic E-state index is 12.0. The van der Waals surface area contributed by atoms with E-state index in [1.54, 1.807) is 27.7 Å². The molecule has 2 atom stereocenters. The van der Waals surface area contributed by atoms with E-state index in [4.69, 9.17) is 0 Å². The summed E-state index contributed by atoms with van der Waals surface area (Å²) >= 11 is 0. The number of hydrogen-bond donors (Lipinski definition) is 0. The Labute approximate surface area is 95.9 Å². The molecule has 0 aromatic heterocycles. The highest BCUT2D eigenvalue weighted by Crippen LogP contribution is 2.45. The van der Waals surface area contributed by atoms with Gasteiger partial charge in [-0.1, -0.05) is 0 Å². The van der Waals surface area contributed by atoms with Crippen LogP contribution in [0.3, 0.4) is 0 Å². The molecule has 0 saturated heterocycles. The van der Waals surface area contributed by atoms with Crippen molar-refractivity contribution in [2.24, 2.45) is 0 Å². The minimum absolute atomic E-state index is 0.296. The summed E-state index contributed by atoms with van der Waals surface area (Å²) in [5.74, 6) is 0. The van der Waals surface area contributed by atoms with Crippen LogP contribution >= 0.6 is 15.4 Å². The van der Waals surface area contributed by atoms with E-state index in [-0.39, 0.29) is 12.2 Å². The first kappa shape index (κ1) is 18.6. The van der Waals surface area contributed by atoms with Crippen LogP contribution < -0.4 is 0 Å². The topological polar surface area (TPSA) is 52.6 Å². The Hall–Kier alpha value is 0.240. The second kappa shape index (κ2) is 7.54. The predicted molar refractivity (Wildman–Crippen MR) is 61.7 cm³/mol. The maximum Gasteiger partial charge on any atom is 0.364 e. The lowest BCUT2D eigenvalue weighted by molar-refractivity contribution is 0.226. The molecule has 8 heteroatoms. The molecule has 4 nitrogen and oxygen atoms in total. The molecule has 0 heterocycles. The van der Waals surface area contributed by atoms with E-state index in [1.807, 2.05) is 0 Å². The fraction of sp³-hybridized carbons (Fsp3) is 1.00. The van der Waals surface area contributed by atoms with Gasteiger partial charge in [-0.15, -0.1) is 0 Å². The lowest BCUT2D eigenvalue weighted by atomic mass is 10.5. The van der Waals surface area contributed by atoms with Crippen molar-refractivity contribution in [1.82, 2.24) is 0 Å². The van der Waals surface area contributed by atoms with Gasteiger partial charge >= 0.3 is 15.4 Å². The number of halogens is 2. The highest BCUT2D eigenvalue weighted by molar-refractivity contribution is 7.52. The molecular weight excluding hydrogens is 260 g/mol. The predicted octanol–water partition coefficient (Wildman–Crippen LogP) is 4.41. The molecule has 0 N–H and O–H groups in total. The highest BCUT2D eigenvalue weighted by atomic mass is 31.2. The van der Waals surface area contributed by atoms with Crippen molar-refractivity contribution in [3.8, 4) is 0 Å². The minimum Gasteiger partial charge on any atom is -0.303 e. The summed E-state index contributed by atoms with van der Waals surface area (Å²) < 4.78 is 52.9. The molecular formula is C8H20F2O4P2. The molecule has 0 aliphatic carbocycles. The van der Waals surface area contributed by atoms with Gasteiger partial charge < -0.3 is 9.05 Å². The van der Waals surface area contributed by atoms with E-state index in [0.717, 1.165) is 13.3 Å². The lowest BCUT2D eigenvalue weighted by Crippen LogP contribution is -1.96. The van der Waals surface area contributed by atoms with Gasteiger partial charge in [0.25, 0.3) is 0 Å². The van der Waals surface area contributed by atoms with Crippen LogP contribution in [0.25, 0.3) is 0 Å². The van der Waals surface area contributed by atoms with Crippen molar-refractivity contribution in [3.05, 3.63) is 0 Å². The van der Waals surface area contributed by atoms with E-state index in [0.29, 0.717) is 0 Å². The van der Waals surface area contributed by atoms with Crippen molar-refractivity contribution in [3.63, 3.8) is 0 Å². The van der Waals surface area contributed by atoms with Crippen molar-refractivity contribution in [2.75, 3.05) is 13.3 Å². The first-order chi connectivity index (χ1) is 6.83. The van der Waals surface area contributed by atoms with Crippen LogP contribution in [0.2, 0.25) is 0 Å². The van der Waals surface area contributed by atoms with Crippen LogP contribution in [0.1, 0.15) is 27.7 Å². The average Bonchev–Trinajstić information content (AvgIpc) is 1.72. The summed E-state index contributed by atoms with van der Waals surface area (Å²) in [7, 11) is -7.44. The van der Waals surface area contributed by atoms with Crippen LogP contribution in [0.5, 0.6) is 0 Å². The molecule has 0 aromatic carbocycles. The second-order valence-corrected chi connectivity index (χ2v) is 7.21. The summed E-state index contributed by atoms with van der Waals surface area (Å²) in [6.45, 7) is 8.44. The Morgan fingerprint density at radius 1 is 0.812 bits per heavy atom. The fourth-order valence-electron chi connectivity index (χ4n) is 0.753. The highest BCUT2D eigenvalue weighted by Gasteiger charge is 2.14. The monoisotopic (exact) mass is 280 g/mol. The van der Waals surface area contributed by atoms with E-state index >= 15 is 0 Å². The average molecular weight is 280 g/mol. The smallest absolute Gasteiger partial charge is 0.303 e. The Bertz CT molecular complexity index is 241. The molecule has 0 spiro atoms. The summed E-state index contributed by atoms with van der Waals surface area (Å²) in [5.41, 5.74) is 0. The molecule has 0 aliphatic heterocycles. The standard InChI is InChI=1S/2C4H10FO2P/c2*1-4(2)7-8(3,5)6/h2*4H,1-3H3. The molecule has 16 heavy (non-hydrogen) atoms. The Kier molecular flexibility index (Phi) is 8.77. The van der Waals surface area contributed by atoms with Crippen LogP contribution in [0.4, 0.5) is 8.39 Å². The molecule has 0 aliphatic rings. The molecule has 0 rings (SSSR count). The molecule has 0 amide bonds. The van der Waals surface area contributed by atoms with Crippen LogP contribution in [-0.4, -0.2) is 25.5 Å². The Morgan fingerprint density at radius 3 is 1.00 bits per heavy atom. The van der Waals surface area contributed by atoms with Gasteiger partial charge in [0.05, 0.1) is 12.2 Å². The lowest BCUT2D eigenvalue weighted by Gasteiger charge is -2.06. The third-order valence-electron chi connectivity index (χ3n) is 0.798. The molecule has 0 bridgehead atoms. The second-order valence-electron chi connectivity index (χ2n) is 3.80. The van der Waals surface area contributed by atoms with Gasteiger partial charge in [0.15, 0.2) is 0 Å². The SMILES string of the molecule is CC(C)OP(C)(=O)F.CC(C)OP(C)(=O)F. The zero-order valence-electron chi connectivity index (χ0n) is 10.4. The maximum atomic E-state index is 12.0. The molecule has 0 aromatic rings. The third-order valence-corrected chi connectivity index (χ3v) is 2.39. The normalized spacial score (nSPS) is 18.6. The van der Waals surface area contributed by atoms with Crippen LogP contribution in [0, 0.1) is 0 Å². The van der Waals surface area contributed by atoms with Gasteiger partial charge in [-0.05, 0) is 27.7 Å². The van der Waals surface area contributed by atoms with Crippen molar-refractivity contribution < 1.29 is 26.6 Å². The molecule has 2 unspecified atom stereocenters. The van der Waals surface area contributed by atoms with Gasteiger partial charge in [-0.25, -0.2) is 0 Å². The molecule has 0 radical (unpaired) electrons. The number of hydrogen-bond acceptors (Lipinski definition) is 4. The quantitative estimate of drug-likeness (QED) is 0.716. The van der Waals surface area contributed by atoms with E-state index < -0.39 is 15.4 Å². The van der Waals surface area contributed by atoms with Crippen molar-refractivity contribution in [1.29, 1.82) is 0 Å².